The molecule has 0 bridgehead atoms. The molecule has 1 unspecified atom stereocenters. The Bertz CT molecular complexity index is 684. The first-order chi connectivity index (χ1) is 9.93. The van der Waals surface area contributed by atoms with E-state index in [1.165, 1.54) is 5.56 Å². The highest BCUT2D eigenvalue weighted by Crippen LogP contribution is 2.24. The van der Waals surface area contributed by atoms with Gasteiger partial charge in [0.1, 0.15) is 0 Å². The van der Waals surface area contributed by atoms with Gasteiger partial charge in [0.05, 0.1) is 17.4 Å². The summed E-state index contributed by atoms with van der Waals surface area (Å²) in [5.74, 6) is 0. The van der Waals surface area contributed by atoms with Crippen molar-refractivity contribution in [2.24, 2.45) is 7.05 Å². The molecule has 2 heterocycles. The molecule has 0 aliphatic carbocycles. The van der Waals surface area contributed by atoms with Crippen LogP contribution in [0.3, 0.4) is 0 Å². The summed E-state index contributed by atoms with van der Waals surface area (Å²) in [6.45, 7) is 9.03. The zero-order valence-electron chi connectivity index (χ0n) is 13.5. The molecule has 0 saturated carbocycles. The Labute approximate surface area is 125 Å². The number of nitrogens with zero attached hydrogens (tertiary/aromatic N) is 3. The van der Waals surface area contributed by atoms with E-state index in [-0.39, 0.29) is 11.6 Å². The van der Waals surface area contributed by atoms with Crippen LogP contribution in [0.25, 0.3) is 0 Å². The number of rotatable bonds is 5. The van der Waals surface area contributed by atoms with Gasteiger partial charge in [-0.2, -0.15) is 5.10 Å². The summed E-state index contributed by atoms with van der Waals surface area (Å²) in [6.07, 6.45) is 2.84. The fraction of sp³-hybridized carbons (Fsp3) is 0.500. The van der Waals surface area contributed by atoms with E-state index in [2.05, 4.69) is 31.2 Å². The van der Waals surface area contributed by atoms with E-state index < -0.39 is 0 Å². The number of aromatic nitrogens is 3. The third kappa shape index (κ3) is 3.17. The van der Waals surface area contributed by atoms with E-state index in [4.69, 9.17) is 0 Å². The highest BCUT2D eigenvalue weighted by atomic mass is 16.1. The van der Waals surface area contributed by atoms with Crippen LogP contribution in [0.15, 0.2) is 23.1 Å². The minimum Gasteiger partial charge on any atom is -0.377 e. The molecule has 2 aromatic heterocycles. The van der Waals surface area contributed by atoms with Crippen LogP contribution in [0.1, 0.15) is 43.3 Å². The van der Waals surface area contributed by atoms with Crippen molar-refractivity contribution >= 4 is 5.69 Å². The van der Waals surface area contributed by atoms with Gasteiger partial charge in [-0.25, -0.2) is 0 Å². The van der Waals surface area contributed by atoms with Crippen LogP contribution in [-0.2, 0) is 13.6 Å². The van der Waals surface area contributed by atoms with Gasteiger partial charge >= 0.3 is 0 Å². The minimum absolute atomic E-state index is 0.0452. The molecule has 0 fully saturated rings. The van der Waals surface area contributed by atoms with Gasteiger partial charge in [0.15, 0.2) is 0 Å². The Morgan fingerprint density at radius 3 is 2.62 bits per heavy atom. The molecule has 2 rings (SSSR count). The SMILES string of the molecule is CCCn1cc(NC(C)c2c(C)nn(C)c2C)ccc1=O. The van der Waals surface area contributed by atoms with Crippen molar-refractivity contribution in [2.75, 3.05) is 5.32 Å². The molecular formula is C16H24N4O. The molecule has 0 amide bonds. The second-order valence-corrected chi connectivity index (χ2v) is 5.52. The van der Waals surface area contributed by atoms with Gasteiger partial charge < -0.3 is 9.88 Å². The average molecular weight is 288 g/mol. The highest BCUT2D eigenvalue weighted by Gasteiger charge is 2.16. The van der Waals surface area contributed by atoms with Gasteiger partial charge in [-0.3, -0.25) is 9.48 Å². The maximum absolute atomic E-state index is 11.8. The van der Waals surface area contributed by atoms with E-state index in [0.29, 0.717) is 0 Å². The van der Waals surface area contributed by atoms with Gasteiger partial charge in [-0.1, -0.05) is 6.92 Å². The Kier molecular flexibility index (Phi) is 4.50. The van der Waals surface area contributed by atoms with Crippen LogP contribution < -0.4 is 10.9 Å². The molecule has 0 aliphatic heterocycles. The van der Waals surface area contributed by atoms with Crippen LogP contribution >= 0.6 is 0 Å². The fourth-order valence-corrected chi connectivity index (χ4v) is 2.77. The highest BCUT2D eigenvalue weighted by molar-refractivity contribution is 5.44. The second-order valence-electron chi connectivity index (χ2n) is 5.52. The molecule has 0 aliphatic rings. The Balaban J connectivity index is 2.25. The average Bonchev–Trinajstić information content (AvgIpc) is 2.67. The molecule has 5 nitrogen and oxygen atoms in total. The molecule has 1 atom stereocenters. The first-order valence-corrected chi connectivity index (χ1v) is 7.41. The Hall–Kier alpha value is -2.04. The quantitative estimate of drug-likeness (QED) is 0.920. The molecule has 114 valence electrons. The lowest BCUT2D eigenvalue weighted by molar-refractivity contribution is 0.654. The lowest BCUT2D eigenvalue weighted by atomic mass is 10.1. The smallest absolute Gasteiger partial charge is 0.250 e. The topological polar surface area (TPSA) is 51.9 Å². The normalized spacial score (nSPS) is 12.4. The van der Waals surface area contributed by atoms with Crippen LogP contribution in [0.5, 0.6) is 0 Å². The molecule has 0 saturated heterocycles. The summed E-state index contributed by atoms with van der Waals surface area (Å²) >= 11 is 0. The fourth-order valence-electron chi connectivity index (χ4n) is 2.77. The second kappa shape index (κ2) is 6.16. The van der Waals surface area contributed by atoms with E-state index in [9.17, 15) is 4.79 Å². The van der Waals surface area contributed by atoms with Crippen molar-refractivity contribution in [1.82, 2.24) is 14.3 Å². The number of hydrogen-bond donors (Lipinski definition) is 1. The number of pyridine rings is 1. The number of nitrogens with one attached hydrogen (secondary N) is 1. The van der Waals surface area contributed by atoms with E-state index in [1.807, 2.05) is 30.9 Å². The van der Waals surface area contributed by atoms with Crippen molar-refractivity contribution in [3.63, 3.8) is 0 Å². The number of anilines is 1. The summed E-state index contributed by atoms with van der Waals surface area (Å²) in [5, 5.41) is 7.92. The lowest BCUT2D eigenvalue weighted by Gasteiger charge is -2.17. The number of hydrogen-bond acceptors (Lipinski definition) is 3. The monoisotopic (exact) mass is 288 g/mol. The van der Waals surface area contributed by atoms with Crippen molar-refractivity contribution in [3.8, 4) is 0 Å². The molecule has 21 heavy (non-hydrogen) atoms. The van der Waals surface area contributed by atoms with Gasteiger partial charge in [-0.15, -0.1) is 0 Å². The van der Waals surface area contributed by atoms with Gasteiger partial charge in [0.25, 0.3) is 5.56 Å². The summed E-state index contributed by atoms with van der Waals surface area (Å²) in [7, 11) is 1.96. The molecule has 1 N–H and O–H groups in total. The van der Waals surface area contributed by atoms with E-state index in [1.54, 1.807) is 10.6 Å². The van der Waals surface area contributed by atoms with Crippen molar-refractivity contribution in [2.45, 2.75) is 46.7 Å². The third-order valence-corrected chi connectivity index (χ3v) is 3.83. The number of aryl methyl sites for hydroxylation is 3. The Morgan fingerprint density at radius 2 is 2.05 bits per heavy atom. The zero-order chi connectivity index (χ0) is 15.6. The van der Waals surface area contributed by atoms with Crippen LogP contribution in [-0.4, -0.2) is 14.3 Å². The van der Waals surface area contributed by atoms with Crippen molar-refractivity contribution in [3.05, 3.63) is 45.6 Å². The first kappa shape index (κ1) is 15.4. The molecular weight excluding hydrogens is 264 g/mol. The van der Waals surface area contributed by atoms with Crippen LogP contribution in [0.2, 0.25) is 0 Å². The lowest BCUT2D eigenvalue weighted by Crippen LogP contribution is -2.19. The van der Waals surface area contributed by atoms with E-state index in [0.717, 1.165) is 30.0 Å². The van der Waals surface area contributed by atoms with Crippen LogP contribution in [0.4, 0.5) is 5.69 Å². The first-order valence-electron chi connectivity index (χ1n) is 7.41. The van der Waals surface area contributed by atoms with Crippen molar-refractivity contribution in [1.29, 1.82) is 0 Å². The molecule has 0 radical (unpaired) electrons. The molecule has 5 heteroatoms. The maximum atomic E-state index is 11.8. The molecule has 2 aromatic rings. The summed E-state index contributed by atoms with van der Waals surface area (Å²) in [4.78, 5) is 11.8. The van der Waals surface area contributed by atoms with Gasteiger partial charge in [0.2, 0.25) is 0 Å². The minimum atomic E-state index is 0.0452. The van der Waals surface area contributed by atoms with E-state index >= 15 is 0 Å². The summed E-state index contributed by atoms with van der Waals surface area (Å²) in [6, 6.07) is 3.60. The summed E-state index contributed by atoms with van der Waals surface area (Å²) < 4.78 is 3.65. The molecule has 0 aromatic carbocycles. The largest absolute Gasteiger partial charge is 0.377 e. The standard InChI is InChI=1S/C16H24N4O/c1-6-9-20-10-14(7-8-15(20)21)17-11(2)16-12(3)18-19(5)13(16)4/h7-8,10-11,17H,6,9H2,1-5H3. The molecule has 0 spiro atoms. The Morgan fingerprint density at radius 1 is 1.33 bits per heavy atom. The van der Waals surface area contributed by atoms with Crippen LogP contribution in [0, 0.1) is 13.8 Å². The zero-order valence-corrected chi connectivity index (χ0v) is 13.5. The maximum Gasteiger partial charge on any atom is 0.250 e. The predicted octanol–water partition coefficient (Wildman–Crippen LogP) is 2.78. The van der Waals surface area contributed by atoms with Crippen molar-refractivity contribution < 1.29 is 0 Å². The van der Waals surface area contributed by atoms with Gasteiger partial charge in [-0.05, 0) is 33.3 Å². The van der Waals surface area contributed by atoms with Gasteiger partial charge in [0, 0.05) is 37.1 Å². The predicted molar refractivity (Wildman–Crippen MR) is 85.7 cm³/mol. The summed E-state index contributed by atoms with van der Waals surface area (Å²) in [5.41, 5.74) is 4.42. The third-order valence-electron chi connectivity index (χ3n) is 3.83.